The van der Waals surface area contributed by atoms with Crippen LogP contribution in [-0.4, -0.2) is 86.0 Å². The van der Waals surface area contributed by atoms with Gasteiger partial charge in [-0.2, -0.15) is 0 Å². The Kier molecular flexibility index (Phi) is 7.89. The fraction of sp³-hybridized carbons (Fsp3) is 0.636. The van der Waals surface area contributed by atoms with Crippen molar-refractivity contribution in [1.29, 1.82) is 0 Å². The molecule has 7 heteroatoms. The summed E-state index contributed by atoms with van der Waals surface area (Å²) in [5.74, 6) is 1.20. The summed E-state index contributed by atoms with van der Waals surface area (Å²) in [6, 6.07) is 8.38. The minimum atomic E-state index is -0.0336. The van der Waals surface area contributed by atoms with Gasteiger partial charge in [0.15, 0.2) is 5.96 Å². The summed E-state index contributed by atoms with van der Waals surface area (Å²) < 4.78 is 5.22. The molecule has 0 saturated carbocycles. The van der Waals surface area contributed by atoms with E-state index < -0.39 is 0 Å². The molecule has 1 N–H and O–H groups in total. The van der Waals surface area contributed by atoms with Crippen LogP contribution in [0.5, 0.6) is 0 Å². The van der Waals surface area contributed by atoms with E-state index in [2.05, 4.69) is 51.3 Å². The van der Waals surface area contributed by atoms with Gasteiger partial charge in [-0.05, 0) is 30.9 Å². The lowest BCUT2D eigenvalue weighted by Gasteiger charge is -2.39. The number of hydrogen-bond acceptors (Lipinski definition) is 4. The molecule has 0 bridgehead atoms. The summed E-state index contributed by atoms with van der Waals surface area (Å²) in [7, 11) is 3.54. The van der Waals surface area contributed by atoms with Crippen LogP contribution in [0.2, 0.25) is 0 Å². The molecule has 2 saturated heterocycles. The summed E-state index contributed by atoms with van der Waals surface area (Å²) in [5, 5.41) is 3.48. The molecule has 0 aromatic heterocycles. The molecule has 7 nitrogen and oxygen atoms in total. The Bertz CT molecular complexity index is 694. The first-order valence-electron chi connectivity index (χ1n) is 10.7. The van der Waals surface area contributed by atoms with Crippen molar-refractivity contribution in [3.8, 4) is 0 Å². The molecular formula is C22H35N5O2. The fourth-order valence-electron chi connectivity index (χ4n) is 4.19. The topological polar surface area (TPSA) is 60.4 Å². The predicted octanol–water partition coefficient (Wildman–Crippen LogP) is 1.54. The Labute approximate surface area is 174 Å². The maximum absolute atomic E-state index is 12.7. The van der Waals surface area contributed by atoms with Crippen molar-refractivity contribution in [2.24, 2.45) is 4.99 Å². The van der Waals surface area contributed by atoms with Gasteiger partial charge in [0.25, 0.3) is 0 Å². The van der Waals surface area contributed by atoms with E-state index in [1.54, 1.807) is 7.11 Å². The van der Waals surface area contributed by atoms with Gasteiger partial charge in [0.05, 0.1) is 12.6 Å². The van der Waals surface area contributed by atoms with Crippen molar-refractivity contribution in [3.05, 3.63) is 35.4 Å². The Morgan fingerprint density at radius 1 is 1.10 bits per heavy atom. The molecule has 0 aliphatic carbocycles. The summed E-state index contributed by atoms with van der Waals surface area (Å²) in [5.41, 5.74) is 2.39. The monoisotopic (exact) mass is 401 g/mol. The van der Waals surface area contributed by atoms with E-state index in [0.717, 1.165) is 64.6 Å². The van der Waals surface area contributed by atoms with Gasteiger partial charge in [-0.3, -0.25) is 14.7 Å². The lowest BCUT2D eigenvalue weighted by molar-refractivity contribution is -0.135. The van der Waals surface area contributed by atoms with Crippen LogP contribution < -0.4 is 5.32 Å². The normalized spacial score (nSPS) is 19.5. The van der Waals surface area contributed by atoms with Crippen LogP contribution in [0, 0.1) is 0 Å². The van der Waals surface area contributed by atoms with Gasteiger partial charge in [0.2, 0.25) is 5.91 Å². The van der Waals surface area contributed by atoms with Crippen LogP contribution in [0.3, 0.4) is 0 Å². The van der Waals surface area contributed by atoms with Crippen molar-refractivity contribution < 1.29 is 9.53 Å². The summed E-state index contributed by atoms with van der Waals surface area (Å²) >= 11 is 0. The second-order valence-corrected chi connectivity index (χ2v) is 7.89. The van der Waals surface area contributed by atoms with Gasteiger partial charge >= 0.3 is 0 Å². The van der Waals surface area contributed by atoms with Crippen molar-refractivity contribution in [2.45, 2.75) is 39.0 Å². The van der Waals surface area contributed by atoms with Crippen LogP contribution >= 0.6 is 0 Å². The molecule has 2 aliphatic heterocycles. The summed E-state index contributed by atoms with van der Waals surface area (Å²) in [6.07, 6.45) is 2.28. The average Bonchev–Trinajstić information content (AvgIpc) is 3.29. The third-order valence-electron chi connectivity index (χ3n) is 5.90. The van der Waals surface area contributed by atoms with Crippen LogP contribution in [0.1, 0.15) is 30.9 Å². The number of nitrogens with zero attached hydrogens (tertiary/aromatic N) is 4. The highest BCUT2D eigenvalue weighted by Gasteiger charge is 2.30. The standard InChI is InChI=1S/C22H35N5O2/c1-18(21(28)26-9-4-5-10-26)25-11-13-27(14-12-25)22(23-2)24-16-19-7-6-8-20(15-19)17-29-3/h6-8,15,18H,4-5,9-14,16-17H2,1-3H3,(H,23,24). The van der Waals surface area contributed by atoms with Crippen LogP contribution in [0.25, 0.3) is 0 Å². The molecule has 2 fully saturated rings. The van der Waals surface area contributed by atoms with Gasteiger partial charge in [-0.1, -0.05) is 24.3 Å². The second-order valence-electron chi connectivity index (χ2n) is 7.89. The van der Waals surface area contributed by atoms with E-state index >= 15 is 0 Å². The number of carbonyl (C=O) groups is 1. The zero-order valence-corrected chi connectivity index (χ0v) is 18.1. The maximum atomic E-state index is 12.7. The molecule has 1 amide bonds. The number of hydrogen-bond donors (Lipinski definition) is 1. The number of benzene rings is 1. The van der Waals surface area contributed by atoms with Crippen molar-refractivity contribution in [2.75, 3.05) is 53.4 Å². The number of ether oxygens (including phenoxy) is 1. The Morgan fingerprint density at radius 2 is 1.79 bits per heavy atom. The largest absolute Gasteiger partial charge is 0.380 e. The number of piperazine rings is 1. The molecule has 1 unspecified atom stereocenters. The smallest absolute Gasteiger partial charge is 0.239 e. The van der Waals surface area contributed by atoms with E-state index in [4.69, 9.17) is 4.74 Å². The number of methoxy groups -OCH3 is 1. The first-order chi connectivity index (χ1) is 14.1. The molecule has 1 aromatic rings. The molecule has 2 heterocycles. The maximum Gasteiger partial charge on any atom is 0.239 e. The number of aliphatic imine (C=N–C) groups is 1. The summed E-state index contributed by atoms with van der Waals surface area (Å²) in [4.78, 5) is 23.7. The quantitative estimate of drug-likeness (QED) is 0.579. The number of carbonyl (C=O) groups excluding carboxylic acids is 1. The molecular weight excluding hydrogens is 366 g/mol. The van der Waals surface area contributed by atoms with E-state index in [0.29, 0.717) is 6.61 Å². The van der Waals surface area contributed by atoms with E-state index in [-0.39, 0.29) is 11.9 Å². The van der Waals surface area contributed by atoms with Gasteiger partial charge in [-0.15, -0.1) is 0 Å². The van der Waals surface area contributed by atoms with Crippen molar-refractivity contribution in [3.63, 3.8) is 0 Å². The van der Waals surface area contributed by atoms with Gasteiger partial charge in [-0.25, -0.2) is 0 Å². The highest BCUT2D eigenvalue weighted by molar-refractivity contribution is 5.82. The Morgan fingerprint density at radius 3 is 2.45 bits per heavy atom. The predicted molar refractivity (Wildman–Crippen MR) is 116 cm³/mol. The first kappa shape index (κ1) is 21.6. The van der Waals surface area contributed by atoms with Gasteiger partial charge in [0, 0.05) is 60.0 Å². The van der Waals surface area contributed by atoms with Crippen LogP contribution in [0.15, 0.2) is 29.3 Å². The van der Waals surface area contributed by atoms with Crippen LogP contribution in [-0.2, 0) is 22.7 Å². The number of likely N-dealkylation sites (tertiary alicyclic amines) is 1. The van der Waals surface area contributed by atoms with Crippen molar-refractivity contribution in [1.82, 2.24) is 20.0 Å². The second kappa shape index (κ2) is 10.6. The zero-order valence-electron chi connectivity index (χ0n) is 18.1. The highest BCUT2D eigenvalue weighted by atomic mass is 16.5. The number of amides is 1. The molecule has 1 aromatic carbocycles. The van der Waals surface area contributed by atoms with Gasteiger partial charge < -0.3 is 19.9 Å². The van der Waals surface area contributed by atoms with E-state index in [1.165, 1.54) is 11.1 Å². The number of guanidine groups is 1. The lowest BCUT2D eigenvalue weighted by atomic mass is 10.1. The summed E-state index contributed by atoms with van der Waals surface area (Å²) in [6.45, 7) is 8.76. The molecule has 29 heavy (non-hydrogen) atoms. The highest BCUT2D eigenvalue weighted by Crippen LogP contribution is 2.14. The molecule has 0 radical (unpaired) electrons. The molecule has 1 atom stereocenters. The molecule has 3 rings (SSSR count). The average molecular weight is 402 g/mol. The lowest BCUT2D eigenvalue weighted by Crippen LogP contribution is -2.57. The minimum absolute atomic E-state index is 0.0336. The number of rotatable bonds is 6. The van der Waals surface area contributed by atoms with E-state index in [9.17, 15) is 4.79 Å². The van der Waals surface area contributed by atoms with Gasteiger partial charge in [0.1, 0.15) is 0 Å². The zero-order chi connectivity index (χ0) is 20.6. The fourth-order valence-corrected chi connectivity index (χ4v) is 4.19. The Hall–Kier alpha value is -2.12. The minimum Gasteiger partial charge on any atom is -0.380 e. The number of nitrogens with one attached hydrogen (secondary N) is 1. The third kappa shape index (κ3) is 5.70. The van der Waals surface area contributed by atoms with E-state index in [1.807, 2.05) is 11.9 Å². The molecule has 0 spiro atoms. The SMILES string of the molecule is CN=C(NCc1cccc(COC)c1)N1CCN(C(C)C(=O)N2CCCC2)CC1. The Balaban J connectivity index is 1.48. The first-order valence-corrected chi connectivity index (χ1v) is 10.7. The van der Waals surface area contributed by atoms with Crippen molar-refractivity contribution >= 4 is 11.9 Å². The third-order valence-corrected chi connectivity index (χ3v) is 5.90. The molecule has 2 aliphatic rings. The van der Waals surface area contributed by atoms with Crippen LogP contribution in [0.4, 0.5) is 0 Å². The molecule has 160 valence electrons.